The summed E-state index contributed by atoms with van der Waals surface area (Å²) in [6.07, 6.45) is 3.29. The van der Waals surface area contributed by atoms with Crippen LogP contribution in [0.3, 0.4) is 0 Å². The van der Waals surface area contributed by atoms with Crippen LogP contribution in [0.15, 0.2) is 35.4 Å². The van der Waals surface area contributed by atoms with Crippen molar-refractivity contribution in [1.29, 1.82) is 0 Å². The number of amides is 1. The van der Waals surface area contributed by atoms with Gasteiger partial charge < -0.3 is 15.0 Å². The van der Waals surface area contributed by atoms with Crippen molar-refractivity contribution in [2.45, 2.75) is 26.9 Å². The van der Waals surface area contributed by atoms with Crippen LogP contribution in [0.1, 0.15) is 28.7 Å². The maximum atomic E-state index is 12.4. The highest BCUT2D eigenvalue weighted by Gasteiger charge is 2.11. The van der Waals surface area contributed by atoms with E-state index in [2.05, 4.69) is 20.3 Å². The first kappa shape index (κ1) is 17.8. The van der Waals surface area contributed by atoms with Gasteiger partial charge in [-0.05, 0) is 32.0 Å². The van der Waals surface area contributed by atoms with Crippen LogP contribution in [0, 0.1) is 6.92 Å². The molecule has 0 bridgehead atoms. The first-order valence-corrected chi connectivity index (χ1v) is 8.44. The van der Waals surface area contributed by atoms with Gasteiger partial charge in [-0.2, -0.15) is 0 Å². The fraction of sp³-hybridized carbons (Fsp3) is 0.333. The van der Waals surface area contributed by atoms with Gasteiger partial charge in [0.05, 0.1) is 48.3 Å². The number of carbonyl (C=O) groups is 1. The Bertz CT molecular complexity index is 959. The molecule has 0 unspecified atom stereocenters. The molecule has 0 atom stereocenters. The molecule has 0 radical (unpaired) electrons. The minimum Gasteiger partial charge on any atom is -0.380 e. The average Bonchev–Trinajstić information content (AvgIpc) is 2.96. The standard InChI is InChI=1S/C18H21N5O3/c1-3-26-7-6-23-16-5-4-13(8-15(16)22-18(23)25)17(24)21-11-14-10-19-12(2)9-20-14/h4-5,8-10H,3,6-7,11H2,1-2H3,(H,21,24)(H,22,25). The lowest BCUT2D eigenvalue weighted by Gasteiger charge is -2.06. The number of aromatic amines is 1. The van der Waals surface area contributed by atoms with Gasteiger partial charge in [-0.25, -0.2) is 4.79 Å². The van der Waals surface area contributed by atoms with Crippen LogP contribution < -0.4 is 11.0 Å². The minimum absolute atomic E-state index is 0.216. The summed E-state index contributed by atoms with van der Waals surface area (Å²) in [5.41, 5.74) is 3.12. The van der Waals surface area contributed by atoms with Crippen LogP contribution in [0.4, 0.5) is 0 Å². The average molecular weight is 355 g/mol. The molecule has 0 saturated heterocycles. The van der Waals surface area contributed by atoms with E-state index in [1.165, 1.54) is 0 Å². The number of benzene rings is 1. The maximum Gasteiger partial charge on any atom is 0.326 e. The number of nitrogens with zero attached hydrogens (tertiary/aromatic N) is 3. The number of aromatic nitrogens is 4. The van der Waals surface area contributed by atoms with Crippen LogP contribution in [-0.2, 0) is 17.8 Å². The molecule has 2 heterocycles. The van der Waals surface area contributed by atoms with Gasteiger partial charge in [-0.1, -0.05) is 0 Å². The Kier molecular flexibility index (Phi) is 5.43. The molecule has 3 rings (SSSR count). The van der Waals surface area contributed by atoms with Gasteiger partial charge >= 0.3 is 5.69 Å². The lowest BCUT2D eigenvalue weighted by Crippen LogP contribution is -2.23. The predicted molar refractivity (Wildman–Crippen MR) is 97.0 cm³/mol. The summed E-state index contributed by atoms with van der Waals surface area (Å²) in [6.45, 7) is 5.58. The predicted octanol–water partition coefficient (Wildman–Crippen LogP) is 1.39. The summed E-state index contributed by atoms with van der Waals surface area (Å²) in [5.74, 6) is -0.239. The smallest absolute Gasteiger partial charge is 0.326 e. The summed E-state index contributed by atoms with van der Waals surface area (Å²) < 4.78 is 6.91. The van der Waals surface area contributed by atoms with Gasteiger partial charge in [0, 0.05) is 18.4 Å². The van der Waals surface area contributed by atoms with Crippen molar-refractivity contribution in [3.63, 3.8) is 0 Å². The Labute approximate surface area is 150 Å². The van der Waals surface area contributed by atoms with Crippen LogP contribution in [0.2, 0.25) is 0 Å². The number of nitrogens with one attached hydrogen (secondary N) is 2. The molecule has 2 N–H and O–H groups in total. The summed E-state index contributed by atoms with van der Waals surface area (Å²) >= 11 is 0. The van der Waals surface area contributed by atoms with E-state index in [1.807, 2.05) is 13.8 Å². The van der Waals surface area contributed by atoms with Gasteiger partial charge in [-0.3, -0.25) is 19.3 Å². The molecule has 1 amide bonds. The quantitative estimate of drug-likeness (QED) is 0.624. The molecule has 0 saturated carbocycles. The zero-order valence-corrected chi connectivity index (χ0v) is 14.8. The summed E-state index contributed by atoms with van der Waals surface area (Å²) in [7, 11) is 0. The van der Waals surface area contributed by atoms with E-state index in [4.69, 9.17) is 4.74 Å². The molecular formula is C18H21N5O3. The monoisotopic (exact) mass is 355 g/mol. The maximum absolute atomic E-state index is 12.4. The van der Waals surface area contributed by atoms with Crippen molar-refractivity contribution in [3.8, 4) is 0 Å². The molecule has 3 aromatic rings. The number of imidazole rings is 1. The third kappa shape index (κ3) is 3.97. The van der Waals surface area contributed by atoms with E-state index in [9.17, 15) is 9.59 Å². The first-order valence-electron chi connectivity index (χ1n) is 8.44. The van der Waals surface area contributed by atoms with Crippen molar-refractivity contribution in [3.05, 3.63) is 58.0 Å². The highest BCUT2D eigenvalue weighted by Crippen LogP contribution is 2.13. The van der Waals surface area contributed by atoms with Crippen molar-refractivity contribution < 1.29 is 9.53 Å². The molecule has 136 valence electrons. The van der Waals surface area contributed by atoms with Gasteiger partial charge in [0.1, 0.15) is 0 Å². The molecule has 2 aromatic heterocycles. The Morgan fingerprint density at radius 1 is 1.31 bits per heavy atom. The summed E-state index contributed by atoms with van der Waals surface area (Å²) in [6, 6.07) is 5.13. The number of rotatable bonds is 7. The summed E-state index contributed by atoms with van der Waals surface area (Å²) in [4.78, 5) is 35.6. The second-order valence-corrected chi connectivity index (χ2v) is 5.84. The minimum atomic E-state index is -0.239. The lowest BCUT2D eigenvalue weighted by atomic mass is 10.2. The van der Waals surface area contributed by atoms with E-state index >= 15 is 0 Å². The molecule has 0 fully saturated rings. The second kappa shape index (κ2) is 7.92. The lowest BCUT2D eigenvalue weighted by molar-refractivity contribution is 0.0950. The van der Waals surface area contributed by atoms with E-state index in [0.717, 1.165) is 11.2 Å². The van der Waals surface area contributed by atoms with Crippen LogP contribution in [0.25, 0.3) is 11.0 Å². The Balaban J connectivity index is 1.72. The van der Waals surface area contributed by atoms with Gasteiger partial charge in [0.2, 0.25) is 0 Å². The Hall–Kier alpha value is -3.00. The molecule has 8 heteroatoms. The zero-order chi connectivity index (χ0) is 18.5. The highest BCUT2D eigenvalue weighted by molar-refractivity contribution is 5.97. The number of fused-ring (bicyclic) bond motifs is 1. The fourth-order valence-electron chi connectivity index (χ4n) is 2.61. The van der Waals surface area contributed by atoms with Gasteiger partial charge in [-0.15, -0.1) is 0 Å². The molecule has 0 spiro atoms. The number of H-pyrrole nitrogens is 1. The largest absolute Gasteiger partial charge is 0.380 e. The van der Waals surface area contributed by atoms with Crippen LogP contribution in [-0.4, -0.2) is 38.6 Å². The number of ether oxygens (including phenoxy) is 1. The fourth-order valence-corrected chi connectivity index (χ4v) is 2.61. The Morgan fingerprint density at radius 2 is 2.15 bits per heavy atom. The molecule has 0 aliphatic heterocycles. The highest BCUT2D eigenvalue weighted by atomic mass is 16.5. The SMILES string of the molecule is CCOCCn1c(=O)[nH]c2cc(C(=O)NCc3cnc(C)cn3)ccc21. The Morgan fingerprint density at radius 3 is 2.88 bits per heavy atom. The second-order valence-electron chi connectivity index (χ2n) is 5.84. The van der Waals surface area contributed by atoms with E-state index in [-0.39, 0.29) is 18.1 Å². The topological polar surface area (TPSA) is 102 Å². The molecule has 8 nitrogen and oxygen atoms in total. The van der Waals surface area contributed by atoms with Crippen molar-refractivity contribution >= 4 is 16.9 Å². The summed E-state index contributed by atoms with van der Waals surface area (Å²) in [5, 5.41) is 2.80. The molecule has 1 aromatic carbocycles. The zero-order valence-electron chi connectivity index (χ0n) is 14.8. The van der Waals surface area contributed by atoms with Crippen LogP contribution >= 0.6 is 0 Å². The molecule has 0 aliphatic carbocycles. The van der Waals surface area contributed by atoms with Crippen molar-refractivity contribution in [1.82, 2.24) is 24.8 Å². The number of carbonyl (C=O) groups excluding carboxylic acids is 1. The normalized spacial score (nSPS) is 11.0. The number of hydrogen-bond donors (Lipinski definition) is 2. The molecule has 26 heavy (non-hydrogen) atoms. The molecular weight excluding hydrogens is 334 g/mol. The third-order valence-electron chi connectivity index (χ3n) is 3.96. The van der Waals surface area contributed by atoms with Gasteiger partial charge in [0.25, 0.3) is 5.91 Å². The first-order chi connectivity index (χ1) is 12.6. The van der Waals surface area contributed by atoms with E-state index in [1.54, 1.807) is 35.2 Å². The third-order valence-corrected chi connectivity index (χ3v) is 3.96. The molecule has 0 aliphatic rings. The van der Waals surface area contributed by atoms with Crippen molar-refractivity contribution in [2.24, 2.45) is 0 Å². The number of aryl methyl sites for hydroxylation is 1. The van der Waals surface area contributed by atoms with E-state index in [0.29, 0.717) is 36.5 Å². The van der Waals surface area contributed by atoms with E-state index < -0.39 is 0 Å². The van der Waals surface area contributed by atoms with Gasteiger partial charge in [0.15, 0.2) is 0 Å². The van der Waals surface area contributed by atoms with Crippen molar-refractivity contribution in [2.75, 3.05) is 13.2 Å². The van der Waals surface area contributed by atoms with Crippen LogP contribution in [0.5, 0.6) is 0 Å². The number of hydrogen-bond acceptors (Lipinski definition) is 5.